The highest BCUT2D eigenvalue weighted by Gasteiger charge is 2.20. The highest BCUT2D eigenvalue weighted by atomic mass is 15.2. The van der Waals surface area contributed by atoms with Crippen molar-refractivity contribution in [3.8, 4) is 27.9 Å². The summed E-state index contributed by atoms with van der Waals surface area (Å²) in [4.78, 5) is 4.74. The third kappa shape index (κ3) is 6.94. The SMILES string of the molecule is Cc1ccc(N(c2ccccc2)c2cc(-c3ccc4c5ccccc5n(-c5ccc(-c6ccccc6)cc5)c4c3)cc(N(c3ccccc3)c3ccc(C)cc3)c2)cc1. The molecule has 0 fully saturated rings. The summed E-state index contributed by atoms with van der Waals surface area (Å²) in [5, 5.41) is 2.46. The fraction of sp³-hybridized carbons (Fsp3) is 0.0357. The van der Waals surface area contributed by atoms with E-state index in [2.05, 4.69) is 253 Å². The number of nitrogens with zero attached hydrogens (tertiary/aromatic N) is 3. The summed E-state index contributed by atoms with van der Waals surface area (Å²) in [6.45, 7) is 4.28. The first-order chi connectivity index (χ1) is 29.1. The fourth-order valence-electron chi connectivity index (χ4n) is 8.32. The molecule has 3 nitrogen and oxygen atoms in total. The predicted octanol–water partition coefficient (Wildman–Crippen LogP) is 15.7. The largest absolute Gasteiger partial charge is 0.310 e. The minimum atomic E-state index is 1.07. The predicted molar refractivity (Wildman–Crippen MR) is 250 cm³/mol. The van der Waals surface area contributed by atoms with Crippen molar-refractivity contribution >= 4 is 55.9 Å². The van der Waals surface area contributed by atoms with Gasteiger partial charge in [-0.05, 0) is 127 Å². The van der Waals surface area contributed by atoms with Crippen LogP contribution in [0.3, 0.4) is 0 Å². The summed E-state index contributed by atoms with van der Waals surface area (Å²) in [7, 11) is 0. The minimum Gasteiger partial charge on any atom is -0.310 e. The standard InChI is InChI=1S/C56H43N3/c1-40-22-29-48(30-23-40)57(46-16-8-4-9-17-46)51-36-45(37-52(39-51)58(47-18-10-5-11-19-47)49-31-24-41(2)25-32-49)44-28-35-54-53-20-12-13-21-55(53)59(56(54)38-44)50-33-26-43(27-34-50)42-14-6-3-7-15-42/h3-39H,1-2H3. The van der Waals surface area contributed by atoms with E-state index in [1.807, 2.05) is 0 Å². The number of fused-ring (bicyclic) bond motifs is 3. The van der Waals surface area contributed by atoms with Gasteiger partial charge in [-0.25, -0.2) is 0 Å². The maximum atomic E-state index is 2.42. The van der Waals surface area contributed by atoms with Gasteiger partial charge in [-0.2, -0.15) is 0 Å². The van der Waals surface area contributed by atoms with E-state index in [1.54, 1.807) is 0 Å². The number of para-hydroxylation sites is 3. The lowest BCUT2D eigenvalue weighted by Crippen LogP contribution is -2.13. The molecule has 0 unspecified atom stereocenters. The average Bonchev–Trinajstić information content (AvgIpc) is 3.63. The van der Waals surface area contributed by atoms with Crippen molar-refractivity contribution in [3.63, 3.8) is 0 Å². The normalized spacial score (nSPS) is 11.2. The third-order valence-electron chi connectivity index (χ3n) is 11.3. The lowest BCUT2D eigenvalue weighted by molar-refractivity contribution is 1.18. The molecular weight excluding hydrogens is 715 g/mol. The molecule has 0 spiro atoms. The highest BCUT2D eigenvalue weighted by Crippen LogP contribution is 2.44. The van der Waals surface area contributed by atoms with Crippen molar-refractivity contribution in [2.45, 2.75) is 13.8 Å². The Hall–Kier alpha value is -7.62. The van der Waals surface area contributed by atoms with Crippen LogP contribution in [0.5, 0.6) is 0 Å². The van der Waals surface area contributed by atoms with Crippen LogP contribution in [0.2, 0.25) is 0 Å². The third-order valence-corrected chi connectivity index (χ3v) is 11.3. The smallest absolute Gasteiger partial charge is 0.0547 e. The molecule has 1 aromatic heterocycles. The zero-order chi connectivity index (χ0) is 39.7. The zero-order valence-corrected chi connectivity index (χ0v) is 33.2. The molecule has 9 aromatic carbocycles. The van der Waals surface area contributed by atoms with Gasteiger partial charge >= 0.3 is 0 Å². The van der Waals surface area contributed by atoms with E-state index in [-0.39, 0.29) is 0 Å². The van der Waals surface area contributed by atoms with Gasteiger partial charge in [0.1, 0.15) is 0 Å². The lowest BCUT2D eigenvalue weighted by atomic mass is 10.00. The number of benzene rings is 9. The summed E-state index contributed by atoms with van der Waals surface area (Å²) in [5.41, 5.74) is 17.1. The molecule has 0 radical (unpaired) electrons. The van der Waals surface area contributed by atoms with Gasteiger partial charge in [0, 0.05) is 50.6 Å². The van der Waals surface area contributed by atoms with Crippen LogP contribution in [-0.4, -0.2) is 4.57 Å². The van der Waals surface area contributed by atoms with Gasteiger partial charge in [-0.3, -0.25) is 0 Å². The molecule has 0 aliphatic carbocycles. The van der Waals surface area contributed by atoms with Crippen molar-refractivity contribution in [1.29, 1.82) is 0 Å². The van der Waals surface area contributed by atoms with E-state index in [9.17, 15) is 0 Å². The zero-order valence-electron chi connectivity index (χ0n) is 33.2. The second kappa shape index (κ2) is 15.4. The van der Waals surface area contributed by atoms with Crippen molar-refractivity contribution in [2.75, 3.05) is 9.80 Å². The number of aromatic nitrogens is 1. The molecule has 3 heteroatoms. The van der Waals surface area contributed by atoms with Crippen LogP contribution in [0.15, 0.2) is 224 Å². The van der Waals surface area contributed by atoms with Gasteiger partial charge in [0.15, 0.2) is 0 Å². The molecule has 10 rings (SSSR count). The second-order valence-electron chi connectivity index (χ2n) is 15.2. The second-order valence-corrected chi connectivity index (χ2v) is 15.2. The van der Waals surface area contributed by atoms with E-state index < -0.39 is 0 Å². The number of anilines is 6. The van der Waals surface area contributed by atoms with E-state index in [0.29, 0.717) is 0 Å². The van der Waals surface area contributed by atoms with E-state index >= 15 is 0 Å². The lowest BCUT2D eigenvalue weighted by Gasteiger charge is -2.30. The molecule has 0 bridgehead atoms. The Labute approximate surface area is 346 Å². The van der Waals surface area contributed by atoms with Gasteiger partial charge in [-0.15, -0.1) is 0 Å². The molecule has 0 saturated heterocycles. The maximum Gasteiger partial charge on any atom is 0.0547 e. The Kier molecular flexibility index (Phi) is 9.32. The topological polar surface area (TPSA) is 11.4 Å². The molecule has 0 aliphatic rings. The quantitative estimate of drug-likeness (QED) is 0.145. The van der Waals surface area contributed by atoms with E-state index in [4.69, 9.17) is 0 Å². The molecule has 1 heterocycles. The first kappa shape index (κ1) is 35.8. The van der Waals surface area contributed by atoms with Crippen LogP contribution in [0.25, 0.3) is 49.7 Å². The monoisotopic (exact) mass is 757 g/mol. The molecule has 0 aliphatic heterocycles. The van der Waals surface area contributed by atoms with Gasteiger partial charge < -0.3 is 14.4 Å². The van der Waals surface area contributed by atoms with Crippen LogP contribution in [0.4, 0.5) is 34.1 Å². The minimum absolute atomic E-state index is 1.07. The first-order valence-electron chi connectivity index (χ1n) is 20.3. The number of aryl methyl sites for hydroxylation is 2. The molecule has 0 amide bonds. The number of rotatable bonds is 9. The summed E-state index contributed by atoms with van der Waals surface area (Å²) >= 11 is 0. The van der Waals surface area contributed by atoms with Crippen LogP contribution in [0, 0.1) is 13.8 Å². The maximum absolute atomic E-state index is 2.42. The van der Waals surface area contributed by atoms with Gasteiger partial charge in [0.05, 0.1) is 11.0 Å². The van der Waals surface area contributed by atoms with Crippen molar-refractivity contribution in [2.24, 2.45) is 0 Å². The highest BCUT2D eigenvalue weighted by molar-refractivity contribution is 6.10. The molecule has 0 N–H and O–H groups in total. The molecular formula is C56H43N3. The summed E-state index contributed by atoms with van der Waals surface area (Å²) in [5.74, 6) is 0. The van der Waals surface area contributed by atoms with Gasteiger partial charge in [-0.1, -0.05) is 145 Å². The van der Waals surface area contributed by atoms with Crippen LogP contribution in [0.1, 0.15) is 11.1 Å². The Balaban J connectivity index is 1.21. The van der Waals surface area contributed by atoms with E-state index in [1.165, 1.54) is 44.1 Å². The Morgan fingerprint density at radius 2 is 0.729 bits per heavy atom. The van der Waals surface area contributed by atoms with Crippen LogP contribution < -0.4 is 9.80 Å². The average molecular weight is 758 g/mol. The summed E-state index contributed by atoms with van der Waals surface area (Å²) < 4.78 is 2.42. The molecule has 0 atom stereocenters. The van der Waals surface area contributed by atoms with Gasteiger partial charge in [0.2, 0.25) is 0 Å². The van der Waals surface area contributed by atoms with Crippen LogP contribution >= 0.6 is 0 Å². The summed E-state index contributed by atoms with van der Waals surface area (Å²) in [6, 6.07) is 81.3. The van der Waals surface area contributed by atoms with Crippen molar-refractivity contribution in [1.82, 2.24) is 4.57 Å². The van der Waals surface area contributed by atoms with Crippen LogP contribution in [-0.2, 0) is 0 Å². The summed E-state index contributed by atoms with van der Waals surface area (Å²) in [6.07, 6.45) is 0. The first-order valence-corrected chi connectivity index (χ1v) is 20.3. The van der Waals surface area contributed by atoms with Crippen molar-refractivity contribution in [3.05, 3.63) is 236 Å². The van der Waals surface area contributed by atoms with Crippen molar-refractivity contribution < 1.29 is 0 Å². The molecule has 282 valence electrons. The Morgan fingerprint density at radius 3 is 1.29 bits per heavy atom. The molecule has 10 aromatic rings. The van der Waals surface area contributed by atoms with Gasteiger partial charge in [0.25, 0.3) is 0 Å². The Morgan fingerprint density at radius 1 is 0.288 bits per heavy atom. The van der Waals surface area contributed by atoms with E-state index in [0.717, 1.165) is 50.9 Å². The Bertz CT molecular complexity index is 2920. The fourth-order valence-corrected chi connectivity index (χ4v) is 8.32. The molecule has 0 saturated carbocycles. The number of hydrogen-bond acceptors (Lipinski definition) is 2. The number of hydrogen-bond donors (Lipinski definition) is 0. The molecule has 59 heavy (non-hydrogen) atoms.